The van der Waals surface area contributed by atoms with Crippen molar-refractivity contribution in [3.05, 3.63) is 0 Å². The fourth-order valence-corrected chi connectivity index (χ4v) is 0.791. The van der Waals surface area contributed by atoms with Crippen LogP contribution in [0.5, 0.6) is 0 Å². The number of rotatable bonds is 7. The van der Waals surface area contributed by atoms with E-state index in [2.05, 4.69) is 10.6 Å². The second-order valence-electron chi connectivity index (χ2n) is 2.70. The van der Waals surface area contributed by atoms with E-state index in [-0.39, 0.29) is 11.8 Å². The molecule has 0 fully saturated rings. The standard InChI is InChI=1S/C8H17N3O2/c1-2-10-6-8(13)11-5-3-4-7(9)12/h10H,2-6H2,1H3,(H2,9,12)(H,11,13). The van der Waals surface area contributed by atoms with Gasteiger partial charge in [-0.2, -0.15) is 0 Å². The largest absolute Gasteiger partial charge is 0.370 e. The van der Waals surface area contributed by atoms with Crippen LogP contribution in [0, 0.1) is 0 Å². The van der Waals surface area contributed by atoms with Crippen molar-refractivity contribution < 1.29 is 9.59 Å². The zero-order valence-electron chi connectivity index (χ0n) is 7.93. The van der Waals surface area contributed by atoms with Gasteiger partial charge in [0.05, 0.1) is 6.54 Å². The molecule has 4 N–H and O–H groups in total. The van der Waals surface area contributed by atoms with E-state index in [0.717, 1.165) is 6.54 Å². The highest BCUT2D eigenvalue weighted by molar-refractivity contribution is 5.78. The van der Waals surface area contributed by atoms with Gasteiger partial charge in [0, 0.05) is 13.0 Å². The molecule has 0 aliphatic carbocycles. The lowest BCUT2D eigenvalue weighted by Gasteiger charge is -2.03. The number of nitrogens with two attached hydrogens (primary N) is 1. The van der Waals surface area contributed by atoms with Crippen LogP contribution in [0.3, 0.4) is 0 Å². The summed E-state index contributed by atoms with van der Waals surface area (Å²) in [4.78, 5) is 21.3. The first kappa shape index (κ1) is 11.9. The molecule has 5 heteroatoms. The maximum atomic E-state index is 11.0. The van der Waals surface area contributed by atoms with Crippen molar-refractivity contribution in [3.63, 3.8) is 0 Å². The van der Waals surface area contributed by atoms with Crippen LogP contribution in [-0.4, -0.2) is 31.4 Å². The summed E-state index contributed by atoms with van der Waals surface area (Å²) in [5.74, 6) is -0.382. The summed E-state index contributed by atoms with van der Waals surface area (Å²) in [6.45, 7) is 3.54. The molecule has 0 atom stereocenters. The lowest BCUT2D eigenvalue weighted by atomic mass is 10.3. The molecule has 0 heterocycles. The molecule has 0 saturated heterocycles. The third kappa shape index (κ3) is 8.81. The van der Waals surface area contributed by atoms with E-state index in [0.29, 0.717) is 25.9 Å². The Labute approximate surface area is 78.1 Å². The monoisotopic (exact) mass is 187 g/mol. The second kappa shape index (κ2) is 7.54. The fourth-order valence-electron chi connectivity index (χ4n) is 0.791. The number of nitrogens with one attached hydrogen (secondary N) is 2. The van der Waals surface area contributed by atoms with Gasteiger partial charge >= 0.3 is 0 Å². The molecule has 0 bridgehead atoms. The molecular formula is C8H17N3O2. The van der Waals surface area contributed by atoms with Crippen molar-refractivity contribution in [2.24, 2.45) is 5.73 Å². The minimum Gasteiger partial charge on any atom is -0.370 e. The maximum absolute atomic E-state index is 11.0. The van der Waals surface area contributed by atoms with Crippen molar-refractivity contribution >= 4 is 11.8 Å². The predicted molar refractivity (Wildman–Crippen MR) is 50.0 cm³/mol. The topological polar surface area (TPSA) is 84.2 Å². The number of amides is 2. The second-order valence-corrected chi connectivity index (χ2v) is 2.70. The van der Waals surface area contributed by atoms with Crippen LogP contribution in [-0.2, 0) is 9.59 Å². The van der Waals surface area contributed by atoms with E-state index >= 15 is 0 Å². The molecule has 0 radical (unpaired) electrons. The molecule has 0 unspecified atom stereocenters. The van der Waals surface area contributed by atoms with Crippen LogP contribution < -0.4 is 16.4 Å². The normalized spacial score (nSPS) is 9.62. The van der Waals surface area contributed by atoms with Gasteiger partial charge in [-0.25, -0.2) is 0 Å². The summed E-state index contributed by atoms with van der Waals surface area (Å²) in [6, 6.07) is 0. The van der Waals surface area contributed by atoms with E-state index in [4.69, 9.17) is 5.73 Å². The summed E-state index contributed by atoms with van der Waals surface area (Å²) in [5.41, 5.74) is 4.93. The Kier molecular flexibility index (Phi) is 6.91. The molecule has 0 rings (SSSR count). The first-order valence-electron chi connectivity index (χ1n) is 4.42. The zero-order valence-corrected chi connectivity index (χ0v) is 7.93. The Morgan fingerprint density at radius 3 is 2.62 bits per heavy atom. The summed E-state index contributed by atoms with van der Waals surface area (Å²) >= 11 is 0. The minimum atomic E-state index is -0.332. The maximum Gasteiger partial charge on any atom is 0.233 e. The molecule has 0 aromatic carbocycles. The van der Waals surface area contributed by atoms with Crippen LogP contribution in [0.2, 0.25) is 0 Å². The SMILES string of the molecule is CCNCC(=O)NCCCC(N)=O. The van der Waals surface area contributed by atoms with Gasteiger partial charge in [0.2, 0.25) is 11.8 Å². The van der Waals surface area contributed by atoms with E-state index in [1.54, 1.807) is 0 Å². The summed E-state index contributed by atoms with van der Waals surface area (Å²) in [6.07, 6.45) is 0.925. The van der Waals surface area contributed by atoms with Gasteiger partial charge in [-0.15, -0.1) is 0 Å². The molecule has 0 aliphatic heterocycles. The van der Waals surface area contributed by atoms with E-state index in [9.17, 15) is 9.59 Å². The van der Waals surface area contributed by atoms with E-state index in [1.165, 1.54) is 0 Å². The first-order valence-corrected chi connectivity index (χ1v) is 4.42. The van der Waals surface area contributed by atoms with Crippen LogP contribution >= 0.6 is 0 Å². The molecule has 0 saturated carbocycles. The van der Waals surface area contributed by atoms with Crippen molar-refractivity contribution in [2.45, 2.75) is 19.8 Å². The molecule has 0 aromatic rings. The van der Waals surface area contributed by atoms with Crippen LogP contribution in [0.4, 0.5) is 0 Å². The molecule has 13 heavy (non-hydrogen) atoms. The lowest BCUT2D eigenvalue weighted by molar-refractivity contribution is -0.121. The third-order valence-electron chi connectivity index (χ3n) is 1.46. The number of hydrogen-bond donors (Lipinski definition) is 3. The predicted octanol–water partition coefficient (Wildman–Crippen LogP) is -1.02. The molecule has 0 aliphatic rings. The van der Waals surface area contributed by atoms with Gasteiger partial charge < -0.3 is 16.4 Å². The van der Waals surface area contributed by atoms with Crippen LogP contribution in [0.15, 0.2) is 0 Å². The number of hydrogen-bond acceptors (Lipinski definition) is 3. The smallest absolute Gasteiger partial charge is 0.233 e. The highest BCUT2D eigenvalue weighted by atomic mass is 16.2. The highest BCUT2D eigenvalue weighted by Crippen LogP contribution is 1.83. The van der Waals surface area contributed by atoms with Gasteiger partial charge in [0.25, 0.3) is 0 Å². The summed E-state index contributed by atoms with van der Waals surface area (Å²) in [7, 11) is 0. The van der Waals surface area contributed by atoms with Gasteiger partial charge in [-0.1, -0.05) is 6.92 Å². The van der Waals surface area contributed by atoms with E-state index < -0.39 is 0 Å². The van der Waals surface area contributed by atoms with Crippen molar-refractivity contribution in [1.29, 1.82) is 0 Å². The van der Waals surface area contributed by atoms with Gasteiger partial charge in [0.1, 0.15) is 0 Å². The quantitative estimate of drug-likeness (QED) is 0.446. The molecule has 0 aromatic heterocycles. The first-order chi connectivity index (χ1) is 6.16. The Balaban J connectivity index is 3.22. The average Bonchev–Trinajstić information content (AvgIpc) is 2.08. The van der Waals surface area contributed by atoms with Gasteiger partial charge in [-0.05, 0) is 13.0 Å². The highest BCUT2D eigenvalue weighted by Gasteiger charge is 1.99. The van der Waals surface area contributed by atoms with Crippen molar-refractivity contribution in [1.82, 2.24) is 10.6 Å². The average molecular weight is 187 g/mol. The molecule has 0 spiro atoms. The summed E-state index contributed by atoms with van der Waals surface area (Å²) < 4.78 is 0. The molecular weight excluding hydrogens is 170 g/mol. The number of carbonyl (C=O) groups is 2. The Morgan fingerprint density at radius 2 is 2.08 bits per heavy atom. The Hall–Kier alpha value is -1.10. The van der Waals surface area contributed by atoms with Crippen molar-refractivity contribution in [3.8, 4) is 0 Å². The number of primary amides is 1. The molecule has 5 nitrogen and oxygen atoms in total. The molecule has 2 amide bonds. The van der Waals surface area contributed by atoms with Crippen LogP contribution in [0.25, 0.3) is 0 Å². The lowest BCUT2D eigenvalue weighted by Crippen LogP contribution is -2.34. The number of carbonyl (C=O) groups excluding carboxylic acids is 2. The van der Waals surface area contributed by atoms with Gasteiger partial charge in [-0.3, -0.25) is 9.59 Å². The third-order valence-corrected chi connectivity index (χ3v) is 1.46. The van der Waals surface area contributed by atoms with E-state index in [1.807, 2.05) is 6.92 Å². The van der Waals surface area contributed by atoms with Crippen molar-refractivity contribution in [2.75, 3.05) is 19.6 Å². The number of likely N-dealkylation sites (N-methyl/N-ethyl adjacent to an activating group) is 1. The van der Waals surface area contributed by atoms with Crippen LogP contribution in [0.1, 0.15) is 19.8 Å². The summed E-state index contributed by atoms with van der Waals surface area (Å²) in [5, 5.41) is 5.56. The minimum absolute atomic E-state index is 0.0497. The Bertz CT molecular complexity index is 171. The molecule has 76 valence electrons. The zero-order chi connectivity index (χ0) is 10.1. The fraction of sp³-hybridized carbons (Fsp3) is 0.750. The van der Waals surface area contributed by atoms with Gasteiger partial charge in [0.15, 0.2) is 0 Å². The Morgan fingerprint density at radius 1 is 1.38 bits per heavy atom.